The van der Waals surface area contributed by atoms with Crippen LogP contribution in [-0.2, 0) is 16.1 Å². The fourth-order valence-electron chi connectivity index (χ4n) is 5.25. The molecule has 1 unspecified atom stereocenters. The largest absolute Gasteiger partial charge is 0.317 e. The number of hydrogen-bond acceptors (Lipinski definition) is 6. The maximum absolute atomic E-state index is 13.2. The zero-order valence-electron chi connectivity index (χ0n) is 16.2. The Labute approximate surface area is 168 Å². The van der Waals surface area contributed by atoms with Gasteiger partial charge in [-0.25, -0.2) is 0 Å². The normalized spacial score (nSPS) is 26.5. The molecule has 8 heteroatoms. The third-order valence-corrected chi connectivity index (χ3v) is 6.73. The summed E-state index contributed by atoms with van der Waals surface area (Å²) in [6.07, 6.45) is 2.66. The Morgan fingerprint density at radius 2 is 1.79 bits per heavy atom. The lowest BCUT2D eigenvalue weighted by Gasteiger charge is -2.52. The molecule has 4 aliphatic heterocycles. The summed E-state index contributed by atoms with van der Waals surface area (Å²) in [4.78, 5) is 53.1. The second kappa shape index (κ2) is 6.74. The first-order chi connectivity index (χ1) is 14.0. The third-order valence-electron chi connectivity index (χ3n) is 6.73. The van der Waals surface area contributed by atoms with Crippen molar-refractivity contribution in [1.82, 2.24) is 20.4 Å². The molecule has 4 amide bonds. The van der Waals surface area contributed by atoms with Gasteiger partial charge >= 0.3 is 0 Å². The van der Waals surface area contributed by atoms with Crippen LogP contribution in [-0.4, -0.2) is 65.6 Å². The summed E-state index contributed by atoms with van der Waals surface area (Å²) in [5.74, 6) is -1.81. The van der Waals surface area contributed by atoms with Crippen molar-refractivity contribution >= 4 is 23.6 Å². The molecular weight excluding hydrogens is 372 g/mol. The molecule has 1 aromatic carbocycles. The number of carbonyl (C=O) groups excluding carboxylic acids is 4. The zero-order chi connectivity index (χ0) is 20.2. The summed E-state index contributed by atoms with van der Waals surface area (Å²) in [5, 5.41) is 5.63. The Kier molecular flexibility index (Phi) is 4.29. The van der Waals surface area contributed by atoms with Crippen molar-refractivity contribution in [3.05, 3.63) is 34.9 Å². The molecule has 2 N–H and O–H groups in total. The number of amides is 4. The lowest BCUT2D eigenvalue weighted by Crippen LogP contribution is -2.59. The van der Waals surface area contributed by atoms with Gasteiger partial charge in [0.1, 0.15) is 6.04 Å². The van der Waals surface area contributed by atoms with Gasteiger partial charge in [0.05, 0.1) is 11.1 Å². The fourth-order valence-corrected chi connectivity index (χ4v) is 5.25. The highest BCUT2D eigenvalue weighted by atomic mass is 16.2. The van der Waals surface area contributed by atoms with Crippen LogP contribution in [0.15, 0.2) is 18.2 Å². The highest BCUT2D eigenvalue weighted by molar-refractivity contribution is 6.24. The number of fused-ring (bicyclic) bond motifs is 1. The second-order valence-electron chi connectivity index (χ2n) is 8.68. The molecule has 5 rings (SSSR count). The number of carbonyl (C=O) groups is 4. The summed E-state index contributed by atoms with van der Waals surface area (Å²) in [7, 11) is 0. The van der Waals surface area contributed by atoms with E-state index in [-0.39, 0.29) is 18.7 Å². The molecule has 29 heavy (non-hydrogen) atoms. The number of nitrogens with zero attached hydrogens (tertiary/aromatic N) is 2. The van der Waals surface area contributed by atoms with Crippen molar-refractivity contribution in [2.75, 3.05) is 26.2 Å². The van der Waals surface area contributed by atoms with E-state index in [0.29, 0.717) is 23.1 Å². The van der Waals surface area contributed by atoms with Crippen LogP contribution in [0.2, 0.25) is 0 Å². The Balaban J connectivity index is 1.35. The molecule has 0 bridgehead atoms. The first kappa shape index (κ1) is 18.4. The minimum absolute atomic E-state index is 0.126. The predicted molar refractivity (Wildman–Crippen MR) is 103 cm³/mol. The molecule has 4 heterocycles. The van der Waals surface area contributed by atoms with Crippen molar-refractivity contribution in [1.29, 1.82) is 0 Å². The van der Waals surface area contributed by atoms with Crippen molar-refractivity contribution in [3.63, 3.8) is 0 Å². The van der Waals surface area contributed by atoms with Crippen LogP contribution in [0.1, 0.15) is 52.0 Å². The zero-order valence-corrected chi connectivity index (χ0v) is 16.2. The summed E-state index contributed by atoms with van der Waals surface area (Å²) in [6, 6.07) is 4.42. The van der Waals surface area contributed by atoms with Crippen molar-refractivity contribution in [2.45, 2.75) is 38.3 Å². The van der Waals surface area contributed by atoms with Crippen LogP contribution in [0.3, 0.4) is 0 Å². The number of rotatable bonds is 3. The molecule has 0 saturated carbocycles. The van der Waals surface area contributed by atoms with Gasteiger partial charge in [0, 0.05) is 26.1 Å². The number of benzene rings is 1. The minimum atomic E-state index is -0.921. The monoisotopic (exact) mass is 396 g/mol. The van der Waals surface area contributed by atoms with E-state index in [9.17, 15) is 19.2 Å². The molecule has 3 fully saturated rings. The van der Waals surface area contributed by atoms with Crippen LogP contribution in [0.4, 0.5) is 0 Å². The lowest BCUT2D eigenvalue weighted by atomic mass is 9.72. The van der Waals surface area contributed by atoms with Gasteiger partial charge < -0.3 is 5.32 Å². The standard InChI is InChI=1S/C21H24N4O4/c26-16-5-4-15(18(27)23-16)25-19(28)14-3-1-2-13(17(14)20(25)29)10-24-11-21(12-24)6-8-22-9-7-21/h1-3,15,22H,4-12H2,(H,23,26,27). The number of hydrogen-bond donors (Lipinski definition) is 2. The lowest BCUT2D eigenvalue weighted by molar-refractivity contribution is -0.136. The van der Waals surface area contributed by atoms with Crippen LogP contribution in [0.25, 0.3) is 0 Å². The topological polar surface area (TPSA) is 98.8 Å². The van der Waals surface area contributed by atoms with E-state index in [1.807, 2.05) is 6.07 Å². The van der Waals surface area contributed by atoms with Gasteiger partial charge in [0.2, 0.25) is 11.8 Å². The van der Waals surface area contributed by atoms with E-state index < -0.39 is 23.8 Å². The number of nitrogens with one attached hydrogen (secondary N) is 2. The van der Waals surface area contributed by atoms with Crippen LogP contribution < -0.4 is 10.6 Å². The van der Waals surface area contributed by atoms with Crippen LogP contribution in [0.5, 0.6) is 0 Å². The number of piperidine rings is 2. The Morgan fingerprint density at radius 1 is 1.03 bits per heavy atom. The van der Waals surface area contributed by atoms with Gasteiger partial charge in [0.15, 0.2) is 0 Å². The maximum atomic E-state index is 13.2. The van der Waals surface area contributed by atoms with Gasteiger partial charge in [-0.3, -0.25) is 34.3 Å². The van der Waals surface area contributed by atoms with Crippen LogP contribution >= 0.6 is 0 Å². The second-order valence-corrected chi connectivity index (χ2v) is 8.68. The summed E-state index contributed by atoms with van der Waals surface area (Å²) < 4.78 is 0. The Hall–Kier alpha value is -2.58. The van der Waals surface area contributed by atoms with E-state index in [4.69, 9.17) is 0 Å². The number of imide groups is 2. The van der Waals surface area contributed by atoms with Gasteiger partial charge in [-0.05, 0) is 49.4 Å². The molecule has 1 atom stereocenters. The van der Waals surface area contributed by atoms with Gasteiger partial charge in [-0.1, -0.05) is 12.1 Å². The Morgan fingerprint density at radius 3 is 2.52 bits per heavy atom. The highest BCUT2D eigenvalue weighted by Crippen LogP contribution is 2.40. The first-order valence-electron chi connectivity index (χ1n) is 10.2. The third kappa shape index (κ3) is 2.98. The van der Waals surface area contributed by atoms with Gasteiger partial charge in [0.25, 0.3) is 11.8 Å². The van der Waals surface area contributed by atoms with E-state index in [1.165, 1.54) is 12.8 Å². The molecule has 3 saturated heterocycles. The minimum Gasteiger partial charge on any atom is -0.317 e. The molecule has 8 nitrogen and oxygen atoms in total. The molecule has 1 spiro atoms. The van der Waals surface area contributed by atoms with Gasteiger partial charge in [-0.15, -0.1) is 0 Å². The van der Waals surface area contributed by atoms with E-state index in [2.05, 4.69) is 15.5 Å². The summed E-state index contributed by atoms with van der Waals surface area (Å²) >= 11 is 0. The molecule has 0 radical (unpaired) electrons. The van der Waals surface area contributed by atoms with Crippen molar-refractivity contribution in [3.8, 4) is 0 Å². The molecule has 4 aliphatic rings. The SMILES string of the molecule is O=C1CCC(N2C(=O)c3cccc(CN4CC5(CCNCC5)C4)c3C2=O)C(=O)N1. The Bertz CT molecular complexity index is 913. The van der Waals surface area contributed by atoms with Crippen LogP contribution in [0, 0.1) is 5.41 Å². The van der Waals surface area contributed by atoms with E-state index in [0.717, 1.165) is 36.6 Å². The maximum Gasteiger partial charge on any atom is 0.262 e. The average molecular weight is 396 g/mol. The summed E-state index contributed by atoms with van der Waals surface area (Å²) in [5.41, 5.74) is 1.99. The fraction of sp³-hybridized carbons (Fsp3) is 0.524. The quantitative estimate of drug-likeness (QED) is 0.712. The van der Waals surface area contributed by atoms with E-state index >= 15 is 0 Å². The molecular formula is C21H24N4O4. The summed E-state index contributed by atoms with van der Waals surface area (Å²) in [6.45, 7) is 4.76. The number of likely N-dealkylation sites (tertiary alicyclic amines) is 1. The molecule has 152 valence electrons. The van der Waals surface area contributed by atoms with Crippen molar-refractivity contribution in [2.24, 2.45) is 5.41 Å². The van der Waals surface area contributed by atoms with E-state index in [1.54, 1.807) is 12.1 Å². The average Bonchev–Trinajstić information content (AvgIpc) is 2.93. The van der Waals surface area contributed by atoms with Crippen molar-refractivity contribution < 1.29 is 19.2 Å². The molecule has 1 aromatic rings. The molecule has 0 aliphatic carbocycles. The van der Waals surface area contributed by atoms with Gasteiger partial charge in [-0.2, -0.15) is 0 Å². The smallest absolute Gasteiger partial charge is 0.262 e. The highest BCUT2D eigenvalue weighted by Gasteiger charge is 2.47. The first-order valence-corrected chi connectivity index (χ1v) is 10.2. The molecule has 0 aromatic heterocycles. The predicted octanol–water partition coefficient (Wildman–Crippen LogP) is 0.273.